The van der Waals surface area contributed by atoms with Crippen molar-refractivity contribution in [3.63, 3.8) is 0 Å². The number of benzene rings is 2. The van der Waals surface area contributed by atoms with Crippen molar-refractivity contribution in [2.24, 2.45) is 0 Å². The molecule has 0 bridgehead atoms. The molecule has 3 aromatic rings. The second kappa shape index (κ2) is 9.50. The van der Waals surface area contributed by atoms with Gasteiger partial charge >= 0.3 is 0 Å². The van der Waals surface area contributed by atoms with Gasteiger partial charge in [0.15, 0.2) is 0 Å². The van der Waals surface area contributed by atoms with Gasteiger partial charge in [0, 0.05) is 43.9 Å². The lowest BCUT2D eigenvalue weighted by Gasteiger charge is -2.26. The van der Waals surface area contributed by atoms with Crippen molar-refractivity contribution in [3.05, 3.63) is 76.5 Å². The van der Waals surface area contributed by atoms with E-state index in [0.29, 0.717) is 36.8 Å². The third kappa shape index (κ3) is 4.96. The van der Waals surface area contributed by atoms with E-state index in [1.165, 1.54) is 16.8 Å². The number of nitrogens with one attached hydrogen (secondary N) is 1. The standard InChI is InChI=1S/C22H23N5O4/c28-22(23-10-11-25-12-14-31-15-13-25)21-16-20(17-4-2-1-3-5-17)24-26(21)18-6-8-19(9-7-18)27(29)30/h1-9,16H,10-15H2,(H,23,28). The molecule has 4 rings (SSSR count). The Hall–Kier alpha value is -3.56. The molecule has 1 saturated heterocycles. The van der Waals surface area contributed by atoms with Gasteiger partial charge in [-0.3, -0.25) is 19.8 Å². The maximum atomic E-state index is 13.0. The zero-order valence-electron chi connectivity index (χ0n) is 16.9. The number of amides is 1. The Kier molecular flexibility index (Phi) is 6.34. The molecule has 0 aliphatic carbocycles. The van der Waals surface area contributed by atoms with Crippen LogP contribution in [0.2, 0.25) is 0 Å². The second-order valence-electron chi connectivity index (χ2n) is 7.18. The number of rotatable bonds is 7. The highest BCUT2D eigenvalue weighted by Gasteiger charge is 2.19. The first-order chi connectivity index (χ1) is 15.1. The zero-order valence-corrected chi connectivity index (χ0v) is 16.9. The average molecular weight is 421 g/mol. The molecule has 2 heterocycles. The average Bonchev–Trinajstić information content (AvgIpc) is 3.26. The van der Waals surface area contributed by atoms with E-state index >= 15 is 0 Å². The Labute approximate surface area is 179 Å². The fourth-order valence-corrected chi connectivity index (χ4v) is 3.45. The normalized spacial score (nSPS) is 14.3. The quantitative estimate of drug-likeness (QED) is 0.465. The smallest absolute Gasteiger partial charge is 0.270 e. The van der Waals surface area contributed by atoms with Crippen LogP contribution in [0.15, 0.2) is 60.7 Å². The summed E-state index contributed by atoms with van der Waals surface area (Å²) in [4.78, 5) is 25.7. The molecule has 0 atom stereocenters. The van der Waals surface area contributed by atoms with Crippen LogP contribution in [0.3, 0.4) is 0 Å². The van der Waals surface area contributed by atoms with Gasteiger partial charge in [0.2, 0.25) is 0 Å². The molecule has 0 spiro atoms. The van der Waals surface area contributed by atoms with Crippen LogP contribution in [0.25, 0.3) is 16.9 Å². The van der Waals surface area contributed by atoms with Crippen molar-refractivity contribution >= 4 is 11.6 Å². The number of nitrogens with zero attached hydrogens (tertiary/aromatic N) is 4. The van der Waals surface area contributed by atoms with Crippen molar-refractivity contribution in [1.29, 1.82) is 0 Å². The zero-order chi connectivity index (χ0) is 21.6. The van der Waals surface area contributed by atoms with Crippen LogP contribution in [0.1, 0.15) is 10.5 Å². The Morgan fingerprint density at radius 1 is 1.10 bits per heavy atom. The molecule has 160 valence electrons. The SMILES string of the molecule is O=C(NCCN1CCOCC1)c1cc(-c2ccccc2)nn1-c1ccc([N+](=O)[O-])cc1. The van der Waals surface area contributed by atoms with Crippen LogP contribution in [-0.2, 0) is 4.74 Å². The molecule has 1 aliphatic heterocycles. The molecular weight excluding hydrogens is 398 g/mol. The minimum absolute atomic E-state index is 0.0179. The van der Waals surface area contributed by atoms with E-state index in [1.807, 2.05) is 30.3 Å². The van der Waals surface area contributed by atoms with E-state index in [-0.39, 0.29) is 11.6 Å². The summed E-state index contributed by atoms with van der Waals surface area (Å²) in [5.74, 6) is -0.249. The summed E-state index contributed by atoms with van der Waals surface area (Å²) in [7, 11) is 0. The molecule has 0 unspecified atom stereocenters. The fourth-order valence-electron chi connectivity index (χ4n) is 3.45. The van der Waals surface area contributed by atoms with Gasteiger partial charge in [0.05, 0.1) is 29.5 Å². The third-order valence-corrected chi connectivity index (χ3v) is 5.13. The summed E-state index contributed by atoms with van der Waals surface area (Å²) < 4.78 is 6.87. The lowest BCUT2D eigenvalue weighted by molar-refractivity contribution is -0.384. The van der Waals surface area contributed by atoms with Gasteiger partial charge in [-0.05, 0) is 18.2 Å². The number of non-ortho nitro benzene ring substituents is 1. The topological polar surface area (TPSA) is 103 Å². The summed E-state index contributed by atoms with van der Waals surface area (Å²) >= 11 is 0. The van der Waals surface area contributed by atoms with Crippen molar-refractivity contribution in [2.45, 2.75) is 0 Å². The Bertz CT molecular complexity index is 1040. The van der Waals surface area contributed by atoms with Gasteiger partial charge in [0.1, 0.15) is 5.69 Å². The van der Waals surface area contributed by atoms with Crippen LogP contribution in [0.5, 0.6) is 0 Å². The van der Waals surface area contributed by atoms with E-state index in [2.05, 4.69) is 15.3 Å². The van der Waals surface area contributed by atoms with Crippen LogP contribution < -0.4 is 5.32 Å². The molecule has 31 heavy (non-hydrogen) atoms. The van der Waals surface area contributed by atoms with Gasteiger partial charge in [0.25, 0.3) is 11.6 Å². The minimum atomic E-state index is -0.457. The molecule has 0 radical (unpaired) electrons. The number of nitro benzene ring substituents is 1. The molecule has 1 fully saturated rings. The largest absolute Gasteiger partial charge is 0.379 e. The second-order valence-corrected chi connectivity index (χ2v) is 7.18. The summed E-state index contributed by atoms with van der Waals surface area (Å²) in [5.41, 5.74) is 2.46. The number of aromatic nitrogens is 2. The summed E-state index contributed by atoms with van der Waals surface area (Å²) in [5, 5.41) is 18.5. The van der Waals surface area contributed by atoms with Crippen LogP contribution >= 0.6 is 0 Å². The van der Waals surface area contributed by atoms with E-state index in [0.717, 1.165) is 25.2 Å². The number of morpholine rings is 1. The number of carbonyl (C=O) groups is 1. The van der Waals surface area contributed by atoms with E-state index < -0.39 is 4.92 Å². The number of carbonyl (C=O) groups excluding carboxylic acids is 1. The molecule has 2 aromatic carbocycles. The monoisotopic (exact) mass is 421 g/mol. The summed E-state index contributed by atoms with van der Waals surface area (Å²) in [6.07, 6.45) is 0. The Morgan fingerprint density at radius 2 is 1.81 bits per heavy atom. The van der Waals surface area contributed by atoms with Crippen molar-refractivity contribution < 1.29 is 14.5 Å². The highest BCUT2D eigenvalue weighted by Crippen LogP contribution is 2.23. The lowest BCUT2D eigenvalue weighted by Crippen LogP contribution is -2.41. The molecule has 0 saturated carbocycles. The van der Waals surface area contributed by atoms with Crippen molar-refractivity contribution in [2.75, 3.05) is 39.4 Å². The molecule has 1 aliphatic rings. The number of hydrogen-bond acceptors (Lipinski definition) is 6. The Morgan fingerprint density at radius 3 is 2.48 bits per heavy atom. The van der Waals surface area contributed by atoms with E-state index in [9.17, 15) is 14.9 Å². The molecule has 9 heteroatoms. The van der Waals surface area contributed by atoms with Gasteiger partial charge in [-0.25, -0.2) is 4.68 Å². The van der Waals surface area contributed by atoms with Gasteiger partial charge < -0.3 is 10.1 Å². The predicted octanol–water partition coefficient (Wildman–Crippen LogP) is 2.51. The fraction of sp³-hybridized carbons (Fsp3) is 0.273. The first kappa shape index (κ1) is 20.7. The highest BCUT2D eigenvalue weighted by molar-refractivity contribution is 5.94. The molecular formula is C22H23N5O4. The van der Waals surface area contributed by atoms with Gasteiger partial charge in [-0.1, -0.05) is 30.3 Å². The van der Waals surface area contributed by atoms with Crippen molar-refractivity contribution in [1.82, 2.24) is 20.0 Å². The van der Waals surface area contributed by atoms with Gasteiger partial charge in [-0.15, -0.1) is 0 Å². The van der Waals surface area contributed by atoms with Crippen LogP contribution in [-0.4, -0.2) is 64.9 Å². The lowest BCUT2D eigenvalue weighted by atomic mass is 10.1. The molecule has 1 N–H and O–H groups in total. The molecule has 1 amide bonds. The van der Waals surface area contributed by atoms with Gasteiger partial charge in [-0.2, -0.15) is 5.10 Å². The number of nitro groups is 1. The molecule has 1 aromatic heterocycles. The maximum absolute atomic E-state index is 13.0. The number of ether oxygens (including phenoxy) is 1. The van der Waals surface area contributed by atoms with Crippen molar-refractivity contribution in [3.8, 4) is 16.9 Å². The number of hydrogen-bond donors (Lipinski definition) is 1. The third-order valence-electron chi connectivity index (χ3n) is 5.13. The van der Waals surface area contributed by atoms with Crippen LogP contribution in [0, 0.1) is 10.1 Å². The van der Waals surface area contributed by atoms with Crippen LogP contribution in [0.4, 0.5) is 5.69 Å². The summed E-state index contributed by atoms with van der Waals surface area (Å²) in [6, 6.07) is 17.3. The highest BCUT2D eigenvalue weighted by atomic mass is 16.6. The first-order valence-corrected chi connectivity index (χ1v) is 10.1. The summed E-state index contributed by atoms with van der Waals surface area (Å²) in [6.45, 7) is 4.38. The Balaban J connectivity index is 1.57. The molecule has 9 nitrogen and oxygen atoms in total. The van der Waals surface area contributed by atoms with E-state index in [1.54, 1.807) is 18.2 Å². The first-order valence-electron chi connectivity index (χ1n) is 10.1. The van der Waals surface area contributed by atoms with E-state index in [4.69, 9.17) is 4.74 Å². The minimum Gasteiger partial charge on any atom is -0.379 e. The predicted molar refractivity (Wildman–Crippen MR) is 115 cm³/mol. The maximum Gasteiger partial charge on any atom is 0.270 e.